The number of hydrogen-bond donors (Lipinski definition) is 1. The van der Waals surface area contributed by atoms with E-state index in [9.17, 15) is 4.79 Å². The maximum atomic E-state index is 10.6. The van der Waals surface area contributed by atoms with Gasteiger partial charge < -0.3 is 14.4 Å². The van der Waals surface area contributed by atoms with Crippen molar-refractivity contribution in [3.63, 3.8) is 0 Å². The van der Waals surface area contributed by atoms with E-state index >= 15 is 0 Å². The second-order valence-electron chi connectivity index (χ2n) is 4.10. The topological polar surface area (TPSA) is 77.2 Å². The Balaban J connectivity index is 2.75. The molecule has 0 unspecified atom stereocenters. The van der Waals surface area contributed by atoms with Gasteiger partial charge in [-0.05, 0) is 20.3 Å². The summed E-state index contributed by atoms with van der Waals surface area (Å²) in [6.07, 6.45) is 0.955. The molecule has 18 heavy (non-hydrogen) atoms. The predicted molar refractivity (Wildman–Crippen MR) is 68.7 cm³/mol. The molecule has 1 heterocycles. The van der Waals surface area contributed by atoms with E-state index in [1.807, 2.05) is 25.3 Å². The van der Waals surface area contributed by atoms with Crippen molar-refractivity contribution in [3.05, 3.63) is 5.82 Å². The Morgan fingerprint density at radius 3 is 2.78 bits per heavy atom. The van der Waals surface area contributed by atoms with Crippen LogP contribution >= 0.6 is 11.8 Å². The van der Waals surface area contributed by atoms with Gasteiger partial charge in [0.1, 0.15) is 6.61 Å². The zero-order valence-electron chi connectivity index (χ0n) is 10.9. The summed E-state index contributed by atoms with van der Waals surface area (Å²) in [5.41, 5.74) is 0. The lowest BCUT2D eigenvalue weighted by molar-refractivity contribution is -0.133. The molecule has 0 fully saturated rings. The predicted octanol–water partition coefficient (Wildman–Crippen LogP) is 1.96. The van der Waals surface area contributed by atoms with E-state index in [-0.39, 0.29) is 11.8 Å². The second kappa shape index (κ2) is 7.38. The van der Waals surface area contributed by atoms with Gasteiger partial charge in [0, 0.05) is 12.6 Å². The zero-order chi connectivity index (χ0) is 13.5. The minimum atomic E-state index is -0.859. The van der Waals surface area contributed by atoms with Crippen LogP contribution in [0.4, 0.5) is 0 Å². The molecular formula is C11H19N3O3S. The highest BCUT2D eigenvalue weighted by atomic mass is 32.2. The molecule has 0 aliphatic rings. The van der Waals surface area contributed by atoms with Crippen LogP contribution in [-0.4, -0.2) is 38.2 Å². The highest BCUT2D eigenvalue weighted by Crippen LogP contribution is 2.21. The van der Waals surface area contributed by atoms with E-state index in [1.54, 1.807) is 0 Å². The van der Waals surface area contributed by atoms with Gasteiger partial charge in [-0.3, -0.25) is 4.79 Å². The van der Waals surface area contributed by atoms with Gasteiger partial charge in [-0.1, -0.05) is 18.7 Å². The number of nitrogens with zero attached hydrogens (tertiary/aromatic N) is 3. The van der Waals surface area contributed by atoms with Gasteiger partial charge in [-0.15, -0.1) is 10.2 Å². The summed E-state index contributed by atoms with van der Waals surface area (Å²) < 4.78 is 7.37. The summed E-state index contributed by atoms with van der Waals surface area (Å²) in [6.45, 7) is 7.16. The van der Waals surface area contributed by atoms with Gasteiger partial charge in [-0.2, -0.15) is 0 Å². The highest BCUT2D eigenvalue weighted by molar-refractivity contribution is 7.99. The van der Waals surface area contributed by atoms with Crippen molar-refractivity contribution < 1.29 is 14.6 Å². The molecule has 0 atom stereocenters. The first-order valence-electron chi connectivity index (χ1n) is 5.92. The molecular weight excluding hydrogens is 254 g/mol. The molecule has 6 nitrogen and oxygen atoms in total. The van der Waals surface area contributed by atoms with Crippen molar-refractivity contribution in [2.45, 2.75) is 45.0 Å². The summed E-state index contributed by atoms with van der Waals surface area (Å²) in [5.74, 6) is -0.130. The van der Waals surface area contributed by atoms with Gasteiger partial charge in [0.15, 0.2) is 11.0 Å². The molecule has 0 aliphatic heterocycles. The summed E-state index contributed by atoms with van der Waals surface area (Å²) in [5, 5.41) is 17.4. The summed E-state index contributed by atoms with van der Waals surface area (Å²) in [7, 11) is 0. The summed E-state index contributed by atoms with van der Waals surface area (Å²) in [6, 6.07) is 0.177. The first-order valence-corrected chi connectivity index (χ1v) is 6.91. The molecule has 1 N–H and O–H groups in total. The van der Waals surface area contributed by atoms with E-state index in [2.05, 4.69) is 10.2 Å². The molecule has 0 bridgehead atoms. The van der Waals surface area contributed by atoms with E-state index in [0.717, 1.165) is 12.2 Å². The maximum Gasteiger partial charge on any atom is 0.313 e. The number of rotatable bonds is 8. The minimum absolute atomic E-state index is 0.0132. The number of carboxylic acids is 1. The van der Waals surface area contributed by atoms with Crippen LogP contribution in [0.5, 0.6) is 0 Å². The van der Waals surface area contributed by atoms with Crippen LogP contribution in [0.25, 0.3) is 0 Å². The van der Waals surface area contributed by atoms with Crippen LogP contribution in [0, 0.1) is 0 Å². The van der Waals surface area contributed by atoms with E-state index in [1.165, 1.54) is 11.8 Å². The molecule has 0 spiro atoms. The van der Waals surface area contributed by atoms with Crippen LogP contribution in [0.15, 0.2) is 5.16 Å². The number of thioether (sulfide) groups is 1. The molecule has 0 aliphatic carbocycles. The number of carboxylic acid groups (broad SMARTS) is 1. The fourth-order valence-electron chi connectivity index (χ4n) is 1.46. The third-order valence-corrected chi connectivity index (χ3v) is 3.08. The third kappa shape index (κ3) is 4.30. The van der Waals surface area contributed by atoms with Gasteiger partial charge in [-0.25, -0.2) is 0 Å². The molecule has 1 rings (SSSR count). The highest BCUT2D eigenvalue weighted by Gasteiger charge is 2.16. The van der Waals surface area contributed by atoms with Crippen LogP contribution in [0.1, 0.15) is 39.1 Å². The normalized spacial score (nSPS) is 11.1. The first kappa shape index (κ1) is 15.0. The summed E-state index contributed by atoms with van der Waals surface area (Å²) >= 11 is 1.18. The van der Waals surface area contributed by atoms with Crippen LogP contribution in [-0.2, 0) is 16.1 Å². The van der Waals surface area contributed by atoms with E-state index < -0.39 is 5.97 Å². The molecule has 7 heteroatoms. The zero-order valence-corrected chi connectivity index (χ0v) is 11.7. The molecule has 0 saturated carbocycles. The lowest BCUT2D eigenvalue weighted by Gasteiger charge is -2.13. The van der Waals surface area contributed by atoms with Crippen molar-refractivity contribution in [3.8, 4) is 0 Å². The van der Waals surface area contributed by atoms with Crippen LogP contribution in [0.3, 0.4) is 0 Å². The fourth-order valence-corrected chi connectivity index (χ4v) is 2.26. The Kier molecular flexibility index (Phi) is 6.14. The van der Waals surface area contributed by atoms with Crippen molar-refractivity contribution in [2.75, 3.05) is 12.4 Å². The van der Waals surface area contributed by atoms with Crippen LogP contribution < -0.4 is 0 Å². The molecule has 0 amide bonds. The van der Waals surface area contributed by atoms with Crippen LogP contribution in [0.2, 0.25) is 0 Å². The second-order valence-corrected chi connectivity index (χ2v) is 5.04. The van der Waals surface area contributed by atoms with E-state index in [4.69, 9.17) is 9.84 Å². The van der Waals surface area contributed by atoms with Gasteiger partial charge in [0.2, 0.25) is 0 Å². The molecule has 1 aromatic rings. The average molecular weight is 273 g/mol. The Bertz CT molecular complexity index is 393. The quantitative estimate of drug-likeness (QED) is 0.576. The molecule has 102 valence electrons. The standard InChI is InChI=1S/C11H19N3O3S/c1-4-5-17-6-9-12-13-11(14(9)8(2)3)18-7-10(15)16/h8H,4-7H2,1-3H3,(H,15,16). The summed E-state index contributed by atoms with van der Waals surface area (Å²) in [4.78, 5) is 10.6. The van der Waals surface area contributed by atoms with E-state index in [0.29, 0.717) is 18.4 Å². The number of ether oxygens (including phenoxy) is 1. The van der Waals surface area contributed by atoms with Crippen molar-refractivity contribution in [2.24, 2.45) is 0 Å². The monoisotopic (exact) mass is 273 g/mol. The average Bonchev–Trinajstić information content (AvgIpc) is 2.70. The number of carbonyl (C=O) groups is 1. The Morgan fingerprint density at radius 2 is 2.22 bits per heavy atom. The van der Waals surface area contributed by atoms with Crippen molar-refractivity contribution in [1.29, 1.82) is 0 Å². The molecule has 0 radical (unpaired) electrons. The Labute approximate surface area is 111 Å². The van der Waals surface area contributed by atoms with Crippen molar-refractivity contribution >= 4 is 17.7 Å². The lowest BCUT2D eigenvalue weighted by Crippen LogP contribution is -2.10. The fraction of sp³-hybridized carbons (Fsp3) is 0.727. The molecule has 0 saturated heterocycles. The largest absolute Gasteiger partial charge is 0.481 e. The molecule has 1 aromatic heterocycles. The Hall–Kier alpha value is -1.08. The van der Waals surface area contributed by atoms with Crippen molar-refractivity contribution in [1.82, 2.24) is 14.8 Å². The number of aromatic nitrogens is 3. The van der Waals surface area contributed by atoms with Gasteiger partial charge in [0.05, 0.1) is 5.75 Å². The van der Waals surface area contributed by atoms with Gasteiger partial charge >= 0.3 is 5.97 Å². The maximum absolute atomic E-state index is 10.6. The number of hydrogen-bond acceptors (Lipinski definition) is 5. The lowest BCUT2D eigenvalue weighted by atomic mass is 10.4. The minimum Gasteiger partial charge on any atom is -0.481 e. The van der Waals surface area contributed by atoms with Gasteiger partial charge in [0.25, 0.3) is 0 Å². The molecule has 0 aromatic carbocycles. The third-order valence-electron chi connectivity index (χ3n) is 2.16. The Morgan fingerprint density at radius 1 is 1.50 bits per heavy atom. The smallest absolute Gasteiger partial charge is 0.313 e. The first-order chi connectivity index (χ1) is 8.56. The number of aliphatic carboxylic acids is 1. The SMILES string of the molecule is CCCOCc1nnc(SCC(=O)O)n1C(C)C.